The molecule has 0 aliphatic rings. The number of hydrogen-bond donors (Lipinski definition) is 0. The van der Waals surface area contributed by atoms with Gasteiger partial charge in [-0.2, -0.15) is 13.2 Å². The first-order chi connectivity index (χ1) is 13.6. The van der Waals surface area contributed by atoms with Gasteiger partial charge in [0.1, 0.15) is 9.61 Å². The van der Waals surface area contributed by atoms with Crippen LogP contribution in [0.1, 0.15) is 11.1 Å². The summed E-state index contributed by atoms with van der Waals surface area (Å²) in [6, 6.07) is 7.08. The van der Waals surface area contributed by atoms with Gasteiger partial charge in [-0.05, 0) is 41.1 Å². The Balaban J connectivity index is 2.01. The van der Waals surface area contributed by atoms with Gasteiger partial charge in [0.2, 0.25) is 0 Å². The van der Waals surface area contributed by atoms with Gasteiger partial charge in [-0.3, -0.25) is 0 Å². The van der Waals surface area contributed by atoms with Crippen LogP contribution in [0.3, 0.4) is 0 Å². The molecule has 0 radical (unpaired) electrons. The number of aryl methyl sites for hydroxylation is 1. The van der Waals surface area contributed by atoms with Crippen molar-refractivity contribution in [3.63, 3.8) is 0 Å². The normalized spacial score (nSPS) is 12.6. The van der Waals surface area contributed by atoms with E-state index >= 15 is 0 Å². The Labute approximate surface area is 176 Å². The molecular formula is C18H11BrF3N3O2S2. The number of fused-ring (bicyclic) bond motifs is 1. The van der Waals surface area contributed by atoms with Crippen molar-refractivity contribution in [1.29, 1.82) is 0 Å². The van der Waals surface area contributed by atoms with Gasteiger partial charge in [0, 0.05) is 28.7 Å². The molecule has 0 unspecified atom stereocenters. The van der Waals surface area contributed by atoms with E-state index in [9.17, 15) is 21.6 Å². The third kappa shape index (κ3) is 3.58. The average molecular weight is 502 g/mol. The Morgan fingerprint density at radius 3 is 2.45 bits per heavy atom. The van der Waals surface area contributed by atoms with Crippen molar-refractivity contribution in [3.05, 3.63) is 63.8 Å². The number of benzene rings is 1. The van der Waals surface area contributed by atoms with Crippen molar-refractivity contribution in [2.45, 2.75) is 18.0 Å². The predicted octanol–water partition coefficient (Wildman–Crippen LogP) is 5.49. The Morgan fingerprint density at radius 1 is 1.17 bits per heavy atom. The van der Waals surface area contributed by atoms with Gasteiger partial charge in [0.05, 0.1) is 10.5 Å². The molecule has 0 N–H and O–H groups in total. The zero-order valence-electron chi connectivity index (χ0n) is 14.6. The number of thiazole rings is 1. The number of hydrogen-bond acceptors (Lipinski definition) is 5. The summed E-state index contributed by atoms with van der Waals surface area (Å²) in [5.41, 5.74) is 0.0693. The van der Waals surface area contributed by atoms with Gasteiger partial charge in [-0.1, -0.05) is 17.7 Å². The Hall–Kier alpha value is -2.24. The quantitative estimate of drug-likeness (QED) is 0.372. The first-order valence-electron chi connectivity index (χ1n) is 8.09. The molecule has 0 aliphatic heterocycles. The molecule has 4 aromatic rings. The molecule has 0 saturated carbocycles. The zero-order chi connectivity index (χ0) is 21.0. The summed E-state index contributed by atoms with van der Waals surface area (Å²) in [4.78, 5) is 8.07. The molecule has 11 heteroatoms. The maximum absolute atomic E-state index is 13.2. The number of aromatic nitrogens is 3. The summed E-state index contributed by atoms with van der Waals surface area (Å²) >= 11 is 4.39. The van der Waals surface area contributed by atoms with Crippen molar-refractivity contribution in [2.75, 3.05) is 0 Å². The third-order valence-corrected chi connectivity index (χ3v) is 7.47. The van der Waals surface area contributed by atoms with Crippen LogP contribution in [0.5, 0.6) is 0 Å². The Kier molecular flexibility index (Phi) is 4.79. The highest BCUT2D eigenvalue weighted by molar-refractivity contribution is 9.10. The molecule has 0 bridgehead atoms. The Bertz CT molecular complexity index is 1330. The molecule has 0 spiro atoms. The van der Waals surface area contributed by atoms with Crippen LogP contribution < -0.4 is 0 Å². The molecule has 0 saturated heterocycles. The van der Waals surface area contributed by atoms with Crippen LogP contribution in [0, 0.1) is 6.92 Å². The van der Waals surface area contributed by atoms with Gasteiger partial charge in [-0.25, -0.2) is 22.4 Å². The standard InChI is InChI=1S/C18H11BrF3N3O2S2/c1-10-2-4-12(5-3-10)29(26,27)25-8-14(17-24-15(19)9-28-17)13-6-11(18(20,21)22)7-23-16(13)25/h2-9H,1H3. The van der Waals surface area contributed by atoms with Gasteiger partial charge >= 0.3 is 6.18 Å². The van der Waals surface area contributed by atoms with Crippen molar-refractivity contribution < 1.29 is 21.6 Å². The fourth-order valence-corrected chi connectivity index (χ4v) is 5.39. The van der Waals surface area contributed by atoms with Crippen LogP contribution in [0.25, 0.3) is 21.6 Å². The van der Waals surface area contributed by atoms with Crippen LogP contribution in [-0.2, 0) is 16.2 Å². The molecule has 0 atom stereocenters. The SMILES string of the molecule is Cc1ccc(S(=O)(=O)n2cc(-c3nc(Br)cs3)c3cc(C(F)(F)F)cnc32)cc1. The van der Waals surface area contributed by atoms with E-state index in [1.807, 2.05) is 6.92 Å². The van der Waals surface area contributed by atoms with Gasteiger partial charge in [0.15, 0.2) is 5.65 Å². The molecule has 3 aromatic heterocycles. The Morgan fingerprint density at radius 2 is 1.86 bits per heavy atom. The summed E-state index contributed by atoms with van der Waals surface area (Å²) in [5, 5.41) is 2.09. The maximum atomic E-state index is 13.2. The first kappa shape index (κ1) is 20.0. The highest BCUT2D eigenvalue weighted by Crippen LogP contribution is 2.38. The van der Waals surface area contributed by atoms with Crippen molar-refractivity contribution >= 4 is 48.3 Å². The number of alkyl halides is 3. The molecule has 0 aliphatic carbocycles. The fraction of sp³-hybridized carbons (Fsp3) is 0.111. The van der Waals surface area contributed by atoms with Crippen molar-refractivity contribution in [2.24, 2.45) is 0 Å². The van der Waals surface area contributed by atoms with Gasteiger partial charge in [0.25, 0.3) is 10.0 Å². The molecule has 1 aromatic carbocycles. The van der Waals surface area contributed by atoms with Crippen LogP contribution in [0.15, 0.2) is 57.6 Å². The van der Waals surface area contributed by atoms with E-state index in [-0.39, 0.29) is 21.5 Å². The second-order valence-electron chi connectivity index (χ2n) is 6.22. The topological polar surface area (TPSA) is 64.8 Å². The number of pyridine rings is 1. The van der Waals surface area contributed by atoms with E-state index in [0.29, 0.717) is 15.8 Å². The summed E-state index contributed by atoms with van der Waals surface area (Å²) < 4.78 is 67.4. The lowest BCUT2D eigenvalue weighted by molar-refractivity contribution is -0.137. The largest absolute Gasteiger partial charge is 0.417 e. The van der Waals surface area contributed by atoms with Crippen LogP contribution in [-0.4, -0.2) is 22.4 Å². The summed E-state index contributed by atoms with van der Waals surface area (Å²) in [6.45, 7) is 1.82. The first-order valence-corrected chi connectivity index (χ1v) is 11.2. The lowest BCUT2D eigenvalue weighted by Crippen LogP contribution is -2.13. The highest BCUT2D eigenvalue weighted by atomic mass is 79.9. The lowest BCUT2D eigenvalue weighted by Gasteiger charge is -2.09. The van der Waals surface area contributed by atoms with E-state index in [1.165, 1.54) is 29.7 Å². The van der Waals surface area contributed by atoms with E-state index in [2.05, 4.69) is 25.9 Å². The molecule has 29 heavy (non-hydrogen) atoms. The molecule has 0 fully saturated rings. The number of rotatable bonds is 3. The molecular weight excluding hydrogens is 491 g/mol. The molecule has 150 valence electrons. The van der Waals surface area contributed by atoms with E-state index < -0.39 is 21.8 Å². The highest BCUT2D eigenvalue weighted by Gasteiger charge is 2.33. The minimum atomic E-state index is -4.61. The minimum absolute atomic E-state index is 0.00793. The summed E-state index contributed by atoms with van der Waals surface area (Å²) in [6.07, 6.45) is -2.72. The zero-order valence-corrected chi connectivity index (χ0v) is 17.8. The van der Waals surface area contributed by atoms with Gasteiger partial charge < -0.3 is 0 Å². The van der Waals surface area contributed by atoms with E-state index in [4.69, 9.17) is 0 Å². The minimum Gasteiger partial charge on any atom is -0.237 e. The average Bonchev–Trinajstić information content (AvgIpc) is 3.24. The van der Waals surface area contributed by atoms with Crippen LogP contribution in [0.2, 0.25) is 0 Å². The van der Waals surface area contributed by atoms with Crippen LogP contribution in [0.4, 0.5) is 13.2 Å². The predicted molar refractivity (Wildman–Crippen MR) is 107 cm³/mol. The van der Waals surface area contributed by atoms with E-state index in [0.717, 1.165) is 15.6 Å². The maximum Gasteiger partial charge on any atom is 0.417 e. The van der Waals surface area contributed by atoms with Crippen LogP contribution >= 0.6 is 27.3 Å². The third-order valence-electron chi connectivity index (χ3n) is 4.22. The molecule has 3 heterocycles. The molecule has 4 rings (SSSR count). The lowest BCUT2D eigenvalue weighted by atomic mass is 10.2. The summed E-state index contributed by atoms with van der Waals surface area (Å²) in [7, 11) is -4.07. The molecule has 0 amide bonds. The molecule has 5 nitrogen and oxygen atoms in total. The van der Waals surface area contributed by atoms with Gasteiger partial charge in [-0.15, -0.1) is 11.3 Å². The second-order valence-corrected chi connectivity index (χ2v) is 9.71. The van der Waals surface area contributed by atoms with E-state index in [1.54, 1.807) is 17.5 Å². The number of nitrogens with zero attached hydrogens (tertiary/aromatic N) is 3. The summed E-state index contributed by atoms with van der Waals surface area (Å²) in [5.74, 6) is 0. The van der Waals surface area contributed by atoms with Crippen molar-refractivity contribution in [3.8, 4) is 10.6 Å². The smallest absolute Gasteiger partial charge is 0.237 e. The fourth-order valence-electron chi connectivity index (χ4n) is 2.79. The number of halogens is 4. The van der Waals surface area contributed by atoms with Crippen molar-refractivity contribution in [1.82, 2.24) is 13.9 Å². The monoisotopic (exact) mass is 501 g/mol. The second kappa shape index (κ2) is 6.92.